The van der Waals surface area contributed by atoms with E-state index in [2.05, 4.69) is 16.3 Å². The van der Waals surface area contributed by atoms with Gasteiger partial charge >= 0.3 is 5.97 Å². The van der Waals surface area contributed by atoms with Crippen LogP contribution in [0.2, 0.25) is 0 Å². The van der Waals surface area contributed by atoms with Crippen molar-refractivity contribution in [1.82, 2.24) is 4.90 Å². The summed E-state index contributed by atoms with van der Waals surface area (Å²) in [5.74, 6) is -0.306. The van der Waals surface area contributed by atoms with Gasteiger partial charge in [0.25, 0.3) is 0 Å². The Morgan fingerprint density at radius 3 is 2.69 bits per heavy atom. The first kappa shape index (κ1) is 18.9. The van der Waals surface area contributed by atoms with Crippen molar-refractivity contribution in [2.45, 2.75) is 44.9 Å². The Balaban J connectivity index is 1.58. The Morgan fingerprint density at radius 1 is 1.27 bits per heavy atom. The highest BCUT2D eigenvalue weighted by molar-refractivity contribution is 7.16. The Bertz CT molecular complexity index is 714. The molecule has 1 aliphatic carbocycles. The van der Waals surface area contributed by atoms with Crippen LogP contribution in [-0.4, -0.2) is 43.5 Å². The molecule has 140 valence electrons. The van der Waals surface area contributed by atoms with Gasteiger partial charge in [-0.1, -0.05) is 6.42 Å². The number of nitrogens with one attached hydrogen (secondary N) is 1. The molecule has 2 aliphatic rings. The van der Waals surface area contributed by atoms with E-state index in [1.54, 1.807) is 11.3 Å². The molecule has 0 bridgehead atoms. The fourth-order valence-electron chi connectivity index (χ4n) is 3.81. The highest BCUT2D eigenvalue weighted by atomic mass is 32.1. The van der Waals surface area contributed by atoms with Gasteiger partial charge in [-0.05, 0) is 57.2 Å². The van der Waals surface area contributed by atoms with Crippen LogP contribution in [0.5, 0.6) is 0 Å². The summed E-state index contributed by atoms with van der Waals surface area (Å²) in [7, 11) is 1.41. The molecule has 1 N–H and O–H groups in total. The van der Waals surface area contributed by atoms with Crippen molar-refractivity contribution in [3.05, 3.63) is 16.0 Å². The number of carbonyl (C=O) groups excluding carboxylic acids is 2. The third-order valence-corrected chi connectivity index (χ3v) is 6.48. The van der Waals surface area contributed by atoms with Crippen molar-refractivity contribution in [1.29, 1.82) is 5.26 Å². The third kappa shape index (κ3) is 4.25. The smallest absolute Gasteiger partial charge is 0.308 e. The zero-order valence-electron chi connectivity index (χ0n) is 15.2. The summed E-state index contributed by atoms with van der Waals surface area (Å²) < 4.78 is 4.79. The highest BCUT2D eigenvalue weighted by Crippen LogP contribution is 2.37. The first-order valence-corrected chi connectivity index (χ1v) is 10.1. The molecule has 0 spiro atoms. The van der Waals surface area contributed by atoms with Gasteiger partial charge in [0.05, 0.1) is 25.1 Å². The number of nitriles is 1. The number of amides is 1. The van der Waals surface area contributed by atoms with E-state index in [1.165, 1.54) is 18.4 Å². The number of hydrogen-bond donors (Lipinski definition) is 1. The minimum Gasteiger partial charge on any atom is -0.469 e. The van der Waals surface area contributed by atoms with Gasteiger partial charge < -0.3 is 10.1 Å². The third-order valence-electron chi connectivity index (χ3n) is 5.28. The first-order valence-electron chi connectivity index (χ1n) is 9.27. The molecule has 1 saturated heterocycles. The lowest BCUT2D eigenvalue weighted by Crippen LogP contribution is -2.41. The van der Waals surface area contributed by atoms with E-state index < -0.39 is 0 Å². The van der Waals surface area contributed by atoms with E-state index in [4.69, 9.17) is 4.74 Å². The number of fused-ring (bicyclic) bond motifs is 1. The molecule has 1 aromatic rings. The van der Waals surface area contributed by atoms with Gasteiger partial charge in [-0.3, -0.25) is 14.5 Å². The summed E-state index contributed by atoms with van der Waals surface area (Å²) in [6, 6.07) is 2.30. The van der Waals surface area contributed by atoms with Crippen LogP contribution >= 0.6 is 11.3 Å². The molecule has 6 nitrogen and oxygen atoms in total. The number of rotatable bonds is 4. The summed E-state index contributed by atoms with van der Waals surface area (Å²) >= 11 is 1.56. The fraction of sp³-hybridized carbons (Fsp3) is 0.632. The van der Waals surface area contributed by atoms with Gasteiger partial charge in [-0.15, -0.1) is 11.3 Å². The quantitative estimate of drug-likeness (QED) is 0.646. The minimum absolute atomic E-state index is 0.0579. The first-order chi connectivity index (χ1) is 12.6. The fourth-order valence-corrected chi connectivity index (χ4v) is 5.07. The molecule has 0 atom stereocenters. The maximum Gasteiger partial charge on any atom is 0.308 e. The summed E-state index contributed by atoms with van der Waals surface area (Å²) in [5, 5.41) is 13.2. The number of nitrogens with zero attached hydrogens (tertiary/aromatic N) is 2. The van der Waals surface area contributed by atoms with Crippen LogP contribution in [0.4, 0.5) is 5.00 Å². The lowest BCUT2D eigenvalue weighted by atomic mass is 9.97. The molecular formula is C19H25N3O3S. The average Bonchev–Trinajstić information content (AvgIpc) is 2.81. The molecular weight excluding hydrogens is 350 g/mol. The van der Waals surface area contributed by atoms with Crippen LogP contribution in [0.1, 0.15) is 48.1 Å². The number of hydrogen-bond acceptors (Lipinski definition) is 6. The zero-order valence-corrected chi connectivity index (χ0v) is 16.0. The second-order valence-corrected chi connectivity index (χ2v) is 8.11. The topological polar surface area (TPSA) is 82.4 Å². The standard InChI is InChI=1S/C19H25N3O3S/c1-25-19(24)13-7-9-22(10-8-13)12-17(23)21-18-15(11-20)14-5-3-2-4-6-16(14)26-18/h13H,2-10,12H2,1H3,(H,21,23). The van der Waals surface area contributed by atoms with Gasteiger partial charge in [0.2, 0.25) is 5.91 Å². The van der Waals surface area contributed by atoms with Gasteiger partial charge in [-0.2, -0.15) is 5.26 Å². The molecule has 1 amide bonds. The normalized spacial score (nSPS) is 18.5. The van der Waals surface area contributed by atoms with Crippen molar-refractivity contribution in [2.75, 3.05) is 32.1 Å². The Labute approximate surface area is 158 Å². The monoisotopic (exact) mass is 375 g/mol. The second kappa shape index (κ2) is 8.65. The predicted octanol–water partition coefficient (Wildman–Crippen LogP) is 2.71. The molecule has 7 heteroatoms. The van der Waals surface area contributed by atoms with Crippen LogP contribution < -0.4 is 5.32 Å². The Hall–Kier alpha value is -1.91. The number of esters is 1. The van der Waals surface area contributed by atoms with Crippen LogP contribution in [0.3, 0.4) is 0 Å². The van der Waals surface area contributed by atoms with E-state index >= 15 is 0 Å². The van der Waals surface area contributed by atoms with E-state index in [-0.39, 0.29) is 17.8 Å². The van der Waals surface area contributed by atoms with Gasteiger partial charge in [-0.25, -0.2) is 0 Å². The predicted molar refractivity (Wildman–Crippen MR) is 100 cm³/mol. The number of anilines is 1. The maximum atomic E-state index is 12.5. The Morgan fingerprint density at radius 2 is 2.00 bits per heavy atom. The van der Waals surface area contributed by atoms with Crippen LogP contribution in [-0.2, 0) is 27.2 Å². The van der Waals surface area contributed by atoms with Gasteiger partial charge in [0.1, 0.15) is 11.1 Å². The van der Waals surface area contributed by atoms with E-state index in [1.807, 2.05) is 0 Å². The summed E-state index contributed by atoms with van der Waals surface area (Å²) in [6.07, 6.45) is 6.85. The number of aryl methyl sites for hydroxylation is 1. The summed E-state index contributed by atoms with van der Waals surface area (Å²) in [5.41, 5.74) is 1.80. The summed E-state index contributed by atoms with van der Waals surface area (Å²) in [6.45, 7) is 1.71. The van der Waals surface area contributed by atoms with Crippen molar-refractivity contribution < 1.29 is 14.3 Å². The molecule has 1 aromatic heterocycles. The van der Waals surface area contributed by atoms with E-state index in [0.717, 1.165) is 44.1 Å². The maximum absolute atomic E-state index is 12.5. The van der Waals surface area contributed by atoms with Crippen molar-refractivity contribution in [3.8, 4) is 6.07 Å². The molecule has 0 unspecified atom stereocenters. The lowest BCUT2D eigenvalue weighted by molar-refractivity contribution is -0.147. The molecule has 2 heterocycles. The number of likely N-dealkylation sites (tertiary alicyclic amines) is 1. The number of piperidine rings is 1. The van der Waals surface area contributed by atoms with Gasteiger partial charge in [0, 0.05) is 4.88 Å². The summed E-state index contributed by atoms with van der Waals surface area (Å²) in [4.78, 5) is 27.3. The lowest BCUT2D eigenvalue weighted by Gasteiger charge is -2.29. The number of carbonyl (C=O) groups is 2. The number of methoxy groups -OCH3 is 1. The SMILES string of the molecule is COC(=O)C1CCN(CC(=O)Nc2sc3c(c2C#N)CCCCC3)CC1. The Kier molecular flexibility index (Phi) is 6.28. The molecule has 0 radical (unpaired) electrons. The molecule has 0 saturated carbocycles. The van der Waals surface area contributed by atoms with Crippen molar-refractivity contribution in [2.24, 2.45) is 5.92 Å². The second-order valence-electron chi connectivity index (χ2n) is 7.00. The molecule has 1 fully saturated rings. The van der Waals surface area contributed by atoms with Crippen LogP contribution in [0.15, 0.2) is 0 Å². The number of thiophene rings is 1. The van der Waals surface area contributed by atoms with E-state index in [9.17, 15) is 14.9 Å². The molecule has 3 rings (SSSR count). The van der Waals surface area contributed by atoms with Crippen molar-refractivity contribution in [3.63, 3.8) is 0 Å². The van der Waals surface area contributed by atoms with Gasteiger partial charge in [0.15, 0.2) is 0 Å². The molecule has 26 heavy (non-hydrogen) atoms. The van der Waals surface area contributed by atoms with Crippen molar-refractivity contribution >= 4 is 28.2 Å². The average molecular weight is 375 g/mol. The molecule has 1 aliphatic heterocycles. The highest BCUT2D eigenvalue weighted by Gasteiger charge is 2.27. The van der Waals surface area contributed by atoms with Crippen LogP contribution in [0, 0.1) is 17.2 Å². The van der Waals surface area contributed by atoms with Crippen LogP contribution in [0.25, 0.3) is 0 Å². The number of ether oxygens (including phenoxy) is 1. The molecule has 0 aromatic carbocycles. The largest absolute Gasteiger partial charge is 0.469 e. The zero-order chi connectivity index (χ0) is 18.5. The minimum atomic E-state index is -0.159. The van der Waals surface area contributed by atoms with E-state index in [0.29, 0.717) is 30.2 Å².